The molecule has 0 radical (unpaired) electrons. The zero-order valence-corrected chi connectivity index (χ0v) is 16.4. The van der Waals surface area contributed by atoms with Gasteiger partial charge < -0.3 is 4.74 Å². The molecule has 3 rings (SSSR count). The fourth-order valence-electron chi connectivity index (χ4n) is 4.37. The maximum Gasteiger partial charge on any atom is 0.168 e. The summed E-state index contributed by atoms with van der Waals surface area (Å²) < 4.78 is 19.8. The van der Waals surface area contributed by atoms with Crippen molar-refractivity contribution in [3.63, 3.8) is 0 Å². The van der Waals surface area contributed by atoms with Crippen LogP contribution in [0.2, 0.25) is 0 Å². The van der Waals surface area contributed by atoms with Gasteiger partial charge in [0.15, 0.2) is 11.6 Å². The highest BCUT2D eigenvalue weighted by Gasteiger charge is 2.22. The van der Waals surface area contributed by atoms with Crippen molar-refractivity contribution >= 4 is 0 Å². The summed E-state index contributed by atoms with van der Waals surface area (Å²) in [5.41, 5.74) is 4.12. The Morgan fingerprint density at radius 2 is 1.65 bits per heavy atom. The summed E-state index contributed by atoms with van der Waals surface area (Å²) in [4.78, 5) is 0. The maximum absolute atomic E-state index is 14.5. The van der Waals surface area contributed by atoms with Crippen molar-refractivity contribution in [1.82, 2.24) is 0 Å². The van der Waals surface area contributed by atoms with Gasteiger partial charge in [-0.05, 0) is 79.7 Å². The van der Waals surface area contributed by atoms with E-state index in [-0.39, 0.29) is 5.82 Å². The zero-order chi connectivity index (χ0) is 18.5. The molecule has 0 spiro atoms. The van der Waals surface area contributed by atoms with Crippen LogP contribution in [0.25, 0.3) is 11.1 Å². The van der Waals surface area contributed by atoms with E-state index in [0.717, 1.165) is 17.0 Å². The Balaban J connectivity index is 1.73. The molecule has 0 aromatic heterocycles. The summed E-state index contributed by atoms with van der Waals surface area (Å²) in [5, 5.41) is 0. The van der Waals surface area contributed by atoms with Gasteiger partial charge in [0, 0.05) is 0 Å². The molecule has 2 aromatic rings. The van der Waals surface area contributed by atoms with E-state index >= 15 is 0 Å². The lowest BCUT2D eigenvalue weighted by Gasteiger charge is -2.28. The highest BCUT2D eigenvalue weighted by Crippen LogP contribution is 2.38. The number of ether oxygens (including phenoxy) is 1. The summed E-state index contributed by atoms with van der Waals surface area (Å²) in [5.74, 6) is 1.72. The summed E-state index contributed by atoms with van der Waals surface area (Å²) >= 11 is 0. The Hall–Kier alpha value is -1.83. The molecule has 2 aromatic carbocycles. The van der Waals surface area contributed by atoms with Gasteiger partial charge in [0.25, 0.3) is 0 Å². The van der Waals surface area contributed by atoms with E-state index in [1.165, 1.54) is 44.1 Å². The van der Waals surface area contributed by atoms with Gasteiger partial charge in [0.2, 0.25) is 0 Å². The lowest BCUT2D eigenvalue weighted by atomic mass is 9.77. The molecule has 140 valence electrons. The van der Waals surface area contributed by atoms with Crippen molar-refractivity contribution in [2.45, 2.75) is 65.2 Å². The van der Waals surface area contributed by atoms with Gasteiger partial charge in [-0.3, -0.25) is 0 Å². The first kappa shape index (κ1) is 18.9. The van der Waals surface area contributed by atoms with E-state index < -0.39 is 0 Å². The molecule has 2 heteroatoms. The molecule has 1 nitrogen and oxygen atoms in total. The van der Waals surface area contributed by atoms with E-state index in [1.807, 2.05) is 19.9 Å². The Morgan fingerprint density at radius 1 is 0.962 bits per heavy atom. The van der Waals surface area contributed by atoms with E-state index in [2.05, 4.69) is 31.2 Å². The Morgan fingerprint density at radius 3 is 2.27 bits per heavy atom. The Kier molecular flexibility index (Phi) is 6.34. The minimum absolute atomic E-state index is 0.248. The number of hydrogen-bond donors (Lipinski definition) is 0. The molecule has 0 N–H and O–H groups in total. The number of halogens is 1. The van der Waals surface area contributed by atoms with E-state index in [9.17, 15) is 4.39 Å². The van der Waals surface area contributed by atoms with Crippen LogP contribution >= 0.6 is 0 Å². The average molecular weight is 355 g/mol. The van der Waals surface area contributed by atoms with Crippen molar-refractivity contribution in [3.05, 3.63) is 53.3 Å². The van der Waals surface area contributed by atoms with Crippen LogP contribution in [0.5, 0.6) is 5.75 Å². The first-order valence-electron chi connectivity index (χ1n) is 10.2. The zero-order valence-electron chi connectivity index (χ0n) is 16.4. The van der Waals surface area contributed by atoms with Crippen molar-refractivity contribution in [3.8, 4) is 16.9 Å². The third-order valence-corrected chi connectivity index (χ3v) is 5.89. The molecule has 1 saturated carbocycles. The molecule has 0 amide bonds. The third-order valence-electron chi connectivity index (χ3n) is 5.89. The molecule has 1 fully saturated rings. The summed E-state index contributed by atoms with van der Waals surface area (Å²) in [6.45, 7) is 6.47. The SMILES string of the molecule is CCC[C@H]1CC[C@H](c2ccc(-c3ccc(OCC)c(F)c3C)cc2)CC1. The van der Waals surface area contributed by atoms with Gasteiger partial charge in [0.05, 0.1) is 6.61 Å². The first-order chi connectivity index (χ1) is 12.6. The summed E-state index contributed by atoms with van der Waals surface area (Å²) in [6, 6.07) is 12.5. The average Bonchev–Trinajstić information content (AvgIpc) is 2.67. The Bertz CT molecular complexity index is 712. The highest BCUT2D eigenvalue weighted by atomic mass is 19.1. The van der Waals surface area contributed by atoms with Gasteiger partial charge in [0.1, 0.15) is 0 Å². The van der Waals surface area contributed by atoms with Gasteiger partial charge in [-0.1, -0.05) is 50.1 Å². The van der Waals surface area contributed by atoms with Gasteiger partial charge in [-0.2, -0.15) is 0 Å². The number of rotatable bonds is 6. The fourth-order valence-corrected chi connectivity index (χ4v) is 4.37. The topological polar surface area (TPSA) is 9.23 Å². The minimum atomic E-state index is -0.248. The van der Waals surface area contributed by atoms with Crippen molar-refractivity contribution in [1.29, 1.82) is 0 Å². The monoisotopic (exact) mass is 354 g/mol. The normalized spacial score (nSPS) is 20.2. The van der Waals surface area contributed by atoms with E-state index in [4.69, 9.17) is 4.74 Å². The van der Waals surface area contributed by atoms with Crippen LogP contribution in [0.4, 0.5) is 4.39 Å². The lowest BCUT2D eigenvalue weighted by molar-refractivity contribution is 0.308. The van der Waals surface area contributed by atoms with Gasteiger partial charge >= 0.3 is 0 Å². The van der Waals surface area contributed by atoms with Crippen LogP contribution in [0.15, 0.2) is 36.4 Å². The largest absolute Gasteiger partial charge is 0.491 e. The van der Waals surface area contributed by atoms with Crippen LogP contribution in [0.1, 0.15) is 69.4 Å². The van der Waals surface area contributed by atoms with Crippen molar-refractivity contribution in [2.24, 2.45) is 5.92 Å². The molecular formula is C24H31FO. The summed E-state index contributed by atoms with van der Waals surface area (Å²) in [7, 11) is 0. The van der Waals surface area contributed by atoms with Crippen LogP contribution in [-0.4, -0.2) is 6.61 Å². The van der Waals surface area contributed by atoms with Gasteiger partial charge in [-0.25, -0.2) is 4.39 Å². The van der Waals surface area contributed by atoms with Crippen LogP contribution in [0.3, 0.4) is 0 Å². The lowest BCUT2D eigenvalue weighted by Crippen LogP contribution is -2.13. The predicted octanol–water partition coefficient (Wildman–Crippen LogP) is 7.27. The molecule has 0 bridgehead atoms. The number of hydrogen-bond acceptors (Lipinski definition) is 1. The van der Waals surface area contributed by atoms with E-state index in [0.29, 0.717) is 23.8 Å². The van der Waals surface area contributed by atoms with Crippen LogP contribution in [-0.2, 0) is 0 Å². The number of benzene rings is 2. The second kappa shape index (κ2) is 8.70. The molecule has 1 aliphatic carbocycles. The quantitative estimate of drug-likeness (QED) is 0.530. The molecular weight excluding hydrogens is 323 g/mol. The summed E-state index contributed by atoms with van der Waals surface area (Å²) in [6.07, 6.45) is 8.03. The second-order valence-electron chi connectivity index (χ2n) is 7.61. The molecule has 26 heavy (non-hydrogen) atoms. The molecule has 0 saturated heterocycles. The standard InChI is InChI=1S/C24H31FO/c1-4-6-18-7-9-19(10-8-18)20-11-13-21(14-12-20)22-15-16-23(26-5-2)24(25)17(22)3/h11-16,18-19H,4-10H2,1-3H3/t18-,19-. The maximum atomic E-state index is 14.5. The fraction of sp³-hybridized carbons (Fsp3) is 0.500. The first-order valence-corrected chi connectivity index (χ1v) is 10.2. The van der Waals surface area contributed by atoms with Gasteiger partial charge in [-0.15, -0.1) is 0 Å². The molecule has 0 unspecified atom stereocenters. The molecule has 0 aliphatic heterocycles. The van der Waals surface area contributed by atoms with Crippen molar-refractivity contribution in [2.75, 3.05) is 6.61 Å². The van der Waals surface area contributed by atoms with E-state index in [1.54, 1.807) is 6.07 Å². The third kappa shape index (κ3) is 4.11. The second-order valence-corrected chi connectivity index (χ2v) is 7.61. The molecule has 1 aliphatic rings. The molecule has 0 heterocycles. The minimum Gasteiger partial charge on any atom is -0.491 e. The predicted molar refractivity (Wildman–Crippen MR) is 107 cm³/mol. The highest BCUT2D eigenvalue weighted by molar-refractivity contribution is 5.68. The Labute approximate surface area is 157 Å². The molecule has 0 atom stereocenters. The van der Waals surface area contributed by atoms with Crippen LogP contribution in [0, 0.1) is 18.7 Å². The van der Waals surface area contributed by atoms with Crippen molar-refractivity contribution < 1.29 is 9.13 Å². The smallest absolute Gasteiger partial charge is 0.168 e. The van der Waals surface area contributed by atoms with Crippen LogP contribution < -0.4 is 4.74 Å².